The number of benzene rings is 1. The average Bonchev–Trinajstić information content (AvgIpc) is 2.40. The van der Waals surface area contributed by atoms with Crippen molar-refractivity contribution < 1.29 is 9.59 Å². The van der Waals surface area contributed by atoms with E-state index in [-0.39, 0.29) is 17.9 Å². The number of para-hydroxylation sites is 1. The summed E-state index contributed by atoms with van der Waals surface area (Å²) < 4.78 is 0. The molecular formula is C14H12ClN3O2. The summed E-state index contributed by atoms with van der Waals surface area (Å²) in [6, 6.07) is 8.77. The van der Waals surface area contributed by atoms with Crippen molar-refractivity contribution in [3.8, 4) is 6.07 Å². The number of allylic oxidation sites excluding steroid dienone is 1. The largest absolute Gasteiger partial charge is 0.329 e. The number of anilines is 1. The summed E-state index contributed by atoms with van der Waals surface area (Å²) in [6.07, 6.45) is -0.0451. The highest BCUT2D eigenvalue weighted by atomic mass is 35.5. The van der Waals surface area contributed by atoms with Gasteiger partial charge in [-0.2, -0.15) is 5.26 Å². The molecule has 1 aromatic carbocycles. The number of carbonyl (C=O) groups is 2. The van der Waals surface area contributed by atoms with E-state index in [4.69, 9.17) is 16.9 Å². The third kappa shape index (κ3) is 2.81. The van der Waals surface area contributed by atoms with Crippen LogP contribution in [0.5, 0.6) is 0 Å². The fraction of sp³-hybridized carbons (Fsp3) is 0.214. The van der Waals surface area contributed by atoms with E-state index in [0.29, 0.717) is 16.4 Å². The zero-order valence-electron chi connectivity index (χ0n) is 10.7. The number of hydrogen-bond donors (Lipinski definition) is 2. The molecule has 20 heavy (non-hydrogen) atoms. The Morgan fingerprint density at radius 1 is 1.50 bits per heavy atom. The molecule has 2 rings (SSSR count). The van der Waals surface area contributed by atoms with Crippen LogP contribution in [0.25, 0.3) is 0 Å². The van der Waals surface area contributed by atoms with Crippen LogP contribution in [0.15, 0.2) is 35.5 Å². The predicted molar refractivity (Wildman–Crippen MR) is 74.6 cm³/mol. The highest BCUT2D eigenvalue weighted by molar-refractivity contribution is 6.33. The molecule has 1 aliphatic rings. The summed E-state index contributed by atoms with van der Waals surface area (Å²) in [5.41, 5.74) is 1.15. The second-order valence-corrected chi connectivity index (χ2v) is 4.83. The van der Waals surface area contributed by atoms with Gasteiger partial charge in [-0.3, -0.25) is 9.59 Å². The van der Waals surface area contributed by atoms with Gasteiger partial charge in [-0.15, -0.1) is 0 Å². The molecule has 1 aliphatic heterocycles. The van der Waals surface area contributed by atoms with Crippen LogP contribution in [-0.4, -0.2) is 11.8 Å². The molecule has 1 heterocycles. The number of amides is 2. The maximum absolute atomic E-state index is 12.2. The highest BCUT2D eigenvalue weighted by Crippen LogP contribution is 2.26. The van der Waals surface area contributed by atoms with Crippen LogP contribution in [-0.2, 0) is 9.59 Å². The third-order valence-electron chi connectivity index (χ3n) is 3.04. The fourth-order valence-electron chi connectivity index (χ4n) is 2.04. The Kier molecular flexibility index (Phi) is 4.06. The first-order chi connectivity index (χ1) is 9.52. The molecule has 2 amide bonds. The molecule has 0 aliphatic carbocycles. The highest BCUT2D eigenvalue weighted by Gasteiger charge is 2.32. The van der Waals surface area contributed by atoms with Gasteiger partial charge in [0.05, 0.1) is 28.3 Å². The molecule has 0 radical (unpaired) electrons. The third-order valence-corrected chi connectivity index (χ3v) is 3.37. The minimum Gasteiger partial charge on any atom is -0.329 e. The maximum Gasteiger partial charge on any atom is 0.233 e. The molecule has 1 unspecified atom stereocenters. The van der Waals surface area contributed by atoms with Crippen LogP contribution < -0.4 is 10.6 Å². The van der Waals surface area contributed by atoms with Gasteiger partial charge in [0.1, 0.15) is 0 Å². The number of nitriles is 1. The van der Waals surface area contributed by atoms with Gasteiger partial charge >= 0.3 is 0 Å². The zero-order valence-corrected chi connectivity index (χ0v) is 11.5. The predicted octanol–water partition coefficient (Wildman–Crippen LogP) is 2.21. The molecule has 0 spiro atoms. The van der Waals surface area contributed by atoms with Gasteiger partial charge in [-0.05, 0) is 19.1 Å². The summed E-state index contributed by atoms with van der Waals surface area (Å²) in [4.78, 5) is 23.8. The van der Waals surface area contributed by atoms with Crippen molar-refractivity contribution >= 4 is 29.1 Å². The number of hydrogen-bond acceptors (Lipinski definition) is 3. The zero-order chi connectivity index (χ0) is 14.7. The Morgan fingerprint density at radius 3 is 2.85 bits per heavy atom. The maximum atomic E-state index is 12.2. The van der Waals surface area contributed by atoms with Gasteiger partial charge in [0.2, 0.25) is 11.8 Å². The van der Waals surface area contributed by atoms with Crippen LogP contribution >= 0.6 is 11.6 Å². The lowest BCUT2D eigenvalue weighted by atomic mass is 9.90. The Labute approximate surface area is 121 Å². The van der Waals surface area contributed by atoms with E-state index in [0.717, 1.165) is 0 Å². The van der Waals surface area contributed by atoms with Crippen LogP contribution in [0.2, 0.25) is 5.02 Å². The van der Waals surface area contributed by atoms with Gasteiger partial charge in [0.25, 0.3) is 0 Å². The van der Waals surface area contributed by atoms with E-state index in [9.17, 15) is 9.59 Å². The van der Waals surface area contributed by atoms with Crippen molar-refractivity contribution in [3.05, 3.63) is 40.6 Å². The van der Waals surface area contributed by atoms with Gasteiger partial charge < -0.3 is 10.6 Å². The fourth-order valence-corrected chi connectivity index (χ4v) is 2.23. The van der Waals surface area contributed by atoms with E-state index in [1.165, 1.54) is 0 Å². The number of nitrogens with one attached hydrogen (secondary N) is 2. The monoisotopic (exact) mass is 289 g/mol. The SMILES string of the molecule is CC1=C(C#N)C(C(=O)Nc2ccccc2Cl)CC(=O)N1. The molecule has 102 valence electrons. The molecule has 1 atom stereocenters. The molecule has 0 fully saturated rings. The van der Waals surface area contributed by atoms with Crippen molar-refractivity contribution in [1.29, 1.82) is 5.26 Å². The number of nitrogens with zero attached hydrogens (tertiary/aromatic N) is 1. The average molecular weight is 290 g/mol. The van der Waals surface area contributed by atoms with E-state index in [1.807, 2.05) is 6.07 Å². The van der Waals surface area contributed by atoms with Crippen LogP contribution in [0.4, 0.5) is 5.69 Å². The van der Waals surface area contributed by atoms with Gasteiger partial charge in [0, 0.05) is 12.1 Å². The van der Waals surface area contributed by atoms with Crippen molar-refractivity contribution in [2.75, 3.05) is 5.32 Å². The van der Waals surface area contributed by atoms with Crippen molar-refractivity contribution in [3.63, 3.8) is 0 Å². The minimum atomic E-state index is -0.787. The number of carbonyl (C=O) groups excluding carboxylic acids is 2. The van der Waals surface area contributed by atoms with E-state index >= 15 is 0 Å². The van der Waals surface area contributed by atoms with Crippen LogP contribution in [0.3, 0.4) is 0 Å². The van der Waals surface area contributed by atoms with Gasteiger partial charge in [-0.25, -0.2) is 0 Å². The summed E-state index contributed by atoms with van der Waals surface area (Å²) in [7, 11) is 0. The number of halogens is 1. The topological polar surface area (TPSA) is 82.0 Å². The van der Waals surface area contributed by atoms with Gasteiger partial charge in [-0.1, -0.05) is 23.7 Å². The quantitative estimate of drug-likeness (QED) is 0.876. The first kappa shape index (κ1) is 14.1. The molecule has 0 bridgehead atoms. The smallest absolute Gasteiger partial charge is 0.233 e. The van der Waals surface area contributed by atoms with Crippen molar-refractivity contribution in [2.45, 2.75) is 13.3 Å². The molecular weight excluding hydrogens is 278 g/mol. The molecule has 6 heteroatoms. The Hall–Kier alpha value is -2.32. The Bertz CT molecular complexity index is 646. The minimum absolute atomic E-state index is 0.0451. The number of rotatable bonds is 2. The van der Waals surface area contributed by atoms with E-state index in [1.54, 1.807) is 31.2 Å². The van der Waals surface area contributed by atoms with Crippen LogP contribution in [0, 0.1) is 17.2 Å². The summed E-state index contributed by atoms with van der Waals surface area (Å²) in [6.45, 7) is 1.60. The van der Waals surface area contributed by atoms with Crippen molar-refractivity contribution in [2.24, 2.45) is 5.92 Å². The molecule has 1 aromatic rings. The van der Waals surface area contributed by atoms with Crippen molar-refractivity contribution in [1.82, 2.24) is 5.32 Å². The van der Waals surface area contributed by atoms with E-state index < -0.39 is 11.8 Å². The van der Waals surface area contributed by atoms with Gasteiger partial charge in [0.15, 0.2) is 0 Å². The normalized spacial score (nSPS) is 18.2. The van der Waals surface area contributed by atoms with Crippen LogP contribution in [0.1, 0.15) is 13.3 Å². The molecule has 0 saturated heterocycles. The van der Waals surface area contributed by atoms with E-state index in [2.05, 4.69) is 10.6 Å². The lowest BCUT2D eigenvalue weighted by Gasteiger charge is -2.22. The molecule has 5 nitrogen and oxygen atoms in total. The summed E-state index contributed by atoms with van der Waals surface area (Å²) in [5.74, 6) is -1.48. The Balaban J connectivity index is 2.25. The lowest BCUT2D eigenvalue weighted by molar-refractivity contribution is -0.126. The molecule has 2 N–H and O–H groups in total. The first-order valence-electron chi connectivity index (χ1n) is 5.99. The standard InChI is InChI=1S/C14H12ClN3O2/c1-8-10(7-16)9(6-13(19)17-8)14(20)18-12-5-3-2-4-11(12)15/h2-5,9H,6H2,1H3,(H,17,19)(H,18,20). The molecule has 0 saturated carbocycles. The second kappa shape index (κ2) is 5.76. The lowest BCUT2D eigenvalue weighted by Crippen LogP contribution is -2.37. The first-order valence-corrected chi connectivity index (χ1v) is 6.37. The Morgan fingerprint density at radius 2 is 2.20 bits per heavy atom. The summed E-state index contributed by atoms with van der Waals surface area (Å²) >= 11 is 5.96. The molecule has 0 aromatic heterocycles. The second-order valence-electron chi connectivity index (χ2n) is 4.42. The summed E-state index contributed by atoms with van der Waals surface area (Å²) in [5, 5.41) is 14.7.